The van der Waals surface area contributed by atoms with Crippen LogP contribution in [-0.2, 0) is 12.8 Å². The van der Waals surface area contributed by atoms with Gasteiger partial charge in [-0.1, -0.05) is 83.4 Å². The van der Waals surface area contributed by atoms with Crippen molar-refractivity contribution >= 4 is 5.97 Å². The smallest absolute Gasteiger partial charge is 0.343 e. The van der Waals surface area contributed by atoms with Crippen LogP contribution >= 0.6 is 0 Å². The lowest BCUT2D eigenvalue weighted by molar-refractivity contribution is 0.0734. The van der Waals surface area contributed by atoms with Crippen molar-refractivity contribution < 1.29 is 9.53 Å². The summed E-state index contributed by atoms with van der Waals surface area (Å²) in [6.45, 7) is 4.42. The lowest BCUT2D eigenvalue weighted by atomic mass is 10.0. The molecule has 3 aromatic rings. The summed E-state index contributed by atoms with van der Waals surface area (Å²) in [4.78, 5) is 21.8. The number of carbonyl (C=O) groups is 1. The molecule has 0 amide bonds. The number of carbonyl (C=O) groups excluding carboxylic acids is 1. The topological polar surface area (TPSA) is 75.9 Å². The molecule has 3 rings (SSSR count). The van der Waals surface area contributed by atoms with Crippen LogP contribution in [0.4, 0.5) is 0 Å². The second-order valence-corrected chi connectivity index (χ2v) is 9.65. The number of nitriles is 1. The van der Waals surface area contributed by atoms with E-state index in [1.807, 2.05) is 36.7 Å². The Labute approximate surface area is 221 Å². The van der Waals surface area contributed by atoms with E-state index in [1.165, 1.54) is 57.8 Å². The molecule has 0 aliphatic rings. The van der Waals surface area contributed by atoms with Crippen molar-refractivity contribution in [2.24, 2.45) is 0 Å². The molecule has 1 aromatic heterocycles. The molecule has 0 bridgehead atoms. The molecule has 194 valence electrons. The quantitative estimate of drug-likeness (QED) is 0.120. The minimum absolute atomic E-state index is 0.290. The number of benzene rings is 2. The van der Waals surface area contributed by atoms with Crippen LogP contribution in [0, 0.1) is 11.3 Å². The first-order valence-corrected chi connectivity index (χ1v) is 13.8. The molecule has 0 saturated heterocycles. The van der Waals surface area contributed by atoms with E-state index in [2.05, 4.69) is 29.9 Å². The average molecular weight is 498 g/mol. The number of unbranched alkanes of at least 4 members (excludes halogenated alkanes) is 8. The molecule has 0 saturated carbocycles. The van der Waals surface area contributed by atoms with Crippen molar-refractivity contribution in [2.75, 3.05) is 0 Å². The Morgan fingerprint density at radius 2 is 1.38 bits per heavy atom. The van der Waals surface area contributed by atoms with E-state index in [0.717, 1.165) is 36.0 Å². The first-order chi connectivity index (χ1) is 18.1. The zero-order valence-electron chi connectivity index (χ0n) is 22.3. The summed E-state index contributed by atoms with van der Waals surface area (Å²) in [5, 5.41) is 9.55. The number of rotatable bonds is 15. The van der Waals surface area contributed by atoms with Gasteiger partial charge >= 0.3 is 5.97 Å². The standard InChI is InChI=1S/C32H39N3O2/c1-3-5-7-9-10-12-14-26-23-34-31(35-24-26)27-16-18-28(19-17-27)32(36)37-30-20-15-25(21-29(30)22-33)13-11-8-6-4-2/h15-21,23-24H,3-14H2,1-2H3. The van der Waals surface area contributed by atoms with Crippen LogP contribution in [0.2, 0.25) is 0 Å². The first-order valence-electron chi connectivity index (χ1n) is 13.8. The molecule has 0 aliphatic heterocycles. The lowest BCUT2D eigenvalue weighted by Crippen LogP contribution is -2.09. The molecule has 0 unspecified atom stereocenters. The molecule has 5 nitrogen and oxygen atoms in total. The molecule has 0 atom stereocenters. The van der Waals surface area contributed by atoms with Crippen molar-refractivity contribution in [3.8, 4) is 23.2 Å². The van der Waals surface area contributed by atoms with Gasteiger partial charge in [0.05, 0.1) is 11.1 Å². The van der Waals surface area contributed by atoms with Crippen molar-refractivity contribution in [3.63, 3.8) is 0 Å². The monoisotopic (exact) mass is 497 g/mol. The fraction of sp³-hybridized carbons (Fsp3) is 0.438. The van der Waals surface area contributed by atoms with Crippen molar-refractivity contribution in [1.82, 2.24) is 9.97 Å². The minimum atomic E-state index is -0.492. The van der Waals surface area contributed by atoms with Gasteiger partial charge in [-0.3, -0.25) is 0 Å². The van der Waals surface area contributed by atoms with E-state index in [-0.39, 0.29) is 5.75 Å². The van der Waals surface area contributed by atoms with Crippen LogP contribution in [0.5, 0.6) is 5.75 Å². The Morgan fingerprint density at radius 3 is 2.03 bits per heavy atom. The first kappa shape index (κ1) is 28.1. The van der Waals surface area contributed by atoms with E-state index in [4.69, 9.17) is 4.74 Å². The van der Waals surface area contributed by atoms with Crippen molar-refractivity contribution in [2.45, 2.75) is 90.9 Å². The SMILES string of the molecule is CCCCCCCCc1cnc(-c2ccc(C(=O)Oc3ccc(CCCCCC)cc3C#N)cc2)nc1. The van der Waals surface area contributed by atoms with E-state index >= 15 is 0 Å². The Kier molecular flexibility index (Phi) is 11.8. The van der Waals surface area contributed by atoms with Crippen molar-refractivity contribution in [1.29, 1.82) is 5.26 Å². The molecule has 37 heavy (non-hydrogen) atoms. The summed E-state index contributed by atoms with van der Waals surface area (Å²) in [5.74, 6) is 0.431. The molecular formula is C32H39N3O2. The second-order valence-electron chi connectivity index (χ2n) is 9.65. The van der Waals surface area contributed by atoms with Crippen LogP contribution in [0.3, 0.4) is 0 Å². The Hall–Kier alpha value is -3.52. The van der Waals surface area contributed by atoms with Gasteiger partial charge < -0.3 is 4.74 Å². The maximum absolute atomic E-state index is 12.7. The van der Waals surface area contributed by atoms with Gasteiger partial charge in [0.1, 0.15) is 11.8 Å². The Balaban J connectivity index is 1.54. The lowest BCUT2D eigenvalue weighted by Gasteiger charge is -2.09. The number of hydrogen-bond acceptors (Lipinski definition) is 5. The van der Waals surface area contributed by atoms with Gasteiger partial charge in [-0.2, -0.15) is 5.26 Å². The molecule has 0 N–H and O–H groups in total. The number of aryl methyl sites for hydroxylation is 2. The number of esters is 1. The summed E-state index contributed by atoms with van der Waals surface area (Å²) in [5.41, 5.74) is 3.88. The molecule has 1 heterocycles. The molecule has 2 aromatic carbocycles. The van der Waals surface area contributed by atoms with E-state index < -0.39 is 5.97 Å². The van der Waals surface area contributed by atoms with Gasteiger partial charge in [-0.05, 0) is 61.1 Å². The molecular weight excluding hydrogens is 458 g/mol. The minimum Gasteiger partial charge on any atom is -0.422 e. The van der Waals surface area contributed by atoms with Crippen LogP contribution in [0.15, 0.2) is 54.9 Å². The van der Waals surface area contributed by atoms with Gasteiger partial charge in [-0.25, -0.2) is 14.8 Å². The third-order valence-corrected chi connectivity index (χ3v) is 6.59. The van der Waals surface area contributed by atoms with Gasteiger partial charge in [0.2, 0.25) is 0 Å². The number of ether oxygens (including phenoxy) is 1. The van der Waals surface area contributed by atoms with Crippen LogP contribution < -0.4 is 4.74 Å². The largest absolute Gasteiger partial charge is 0.422 e. The molecule has 0 aliphatic carbocycles. The Morgan fingerprint density at radius 1 is 0.784 bits per heavy atom. The third-order valence-electron chi connectivity index (χ3n) is 6.59. The second kappa shape index (κ2) is 15.6. The summed E-state index contributed by atoms with van der Waals surface area (Å²) in [6.07, 6.45) is 18.0. The predicted molar refractivity (Wildman–Crippen MR) is 149 cm³/mol. The molecule has 0 spiro atoms. The normalized spacial score (nSPS) is 10.7. The zero-order chi connectivity index (χ0) is 26.3. The van der Waals surface area contributed by atoms with E-state index in [1.54, 1.807) is 18.2 Å². The highest BCUT2D eigenvalue weighted by Gasteiger charge is 2.13. The highest BCUT2D eigenvalue weighted by atomic mass is 16.5. The molecule has 0 fully saturated rings. The fourth-order valence-electron chi connectivity index (χ4n) is 4.32. The highest BCUT2D eigenvalue weighted by Crippen LogP contribution is 2.23. The summed E-state index contributed by atoms with van der Waals surface area (Å²) < 4.78 is 5.56. The highest BCUT2D eigenvalue weighted by molar-refractivity contribution is 5.91. The Bertz CT molecular complexity index is 1150. The molecule has 5 heteroatoms. The molecule has 0 radical (unpaired) electrons. The van der Waals surface area contributed by atoms with Crippen LogP contribution in [0.25, 0.3) is 11.4 Å². The van der Waals surface area contributed by atoms with Crippen LogP contribution in [-0.4, -0.2) is 15.9 Å². The van der Waals surface area contributed by atoms with Crippen LogP contribution in [0.1, 0.15) is 105 Å². The van der Waals surface area contributed by atoms with Gasteiger partial charge in [-0.15, -0.1) is 0 Å². The zero-order valence-corrected chi connectivity index (χ0v) is 22.3. The van der Waals surface area contributed by atoms with Gasteiger partial charge in [0.25, 0.3) is 0 Å². The number of hydrogen-bond donors (Lipinski definition) is 0. The summed E-state index contributed by atoms with van der Waals surface area (Å²) >= 11 is 0. The maximum Gasteiger partial charge on any atom is 0.343 e. The fourth-order valence-corrected chi connectivity index (χ4v) is 4.32. The predicted octanol–water partition coefficient (Wildman–Crippen LogP) is 8.26. The number of nitrogens with zero attached hydrogens (tertiary/aromatic N) is 3. The van der Waals surface area contributed by atoms with Crippen molar-refractivity contribution in [3.05, 3.63) is 77.1 Å². The summed E-state index contributed by atoms with van der Waals surface area (Å²) in [6, 6.07) is 14.7. The summed E-state index contributed by atoms with van der Waals surface area (Å²) in [7, 11) is 0. The van der Waals surface area contributed by atoms with Gasteiger partial charge in [0, 0.05) is 18.0 Å². The van der Waals surface area contributed by atoms with E-state index in [9.17, 15) is 10.1 Å². The van der Waals surface area contributed by atoms with E-state index in [0.29, 0.717) is 17.0 Å². The van der Waals surface area contributed by atoms with Gasteiger partial charge in [0.15, 0.2) is 5.82 Å². The number of aromatic nitrogens is 2. The average Bonchev–Trinajstić information content (AvgIpc) is 2.94. The third kappa shape index (κ3) is 9.13. The maximum atomic E-state index is 12.7.